The molecule has 0 bridgehead atoms. The van der Waals surface area contributed by atoms with Crippen LogP contribution in [0.2, 0.25) is 5.02 Å². The summed E-state index contributed by atoms with van der Waals surface area (Å²) in [4.78, 5) is 32.8. The molecule has 1 aromatic heterocycles. The summed E-state index contributed by atoms with van der Waals surface area (Å²) in [7, 11) is 0. The first-order valence-electron chi connectivity index (χ1n) is 13.4. The van der Waals surface area contributed by atoms with Gasteiger partial charge in [-0.3, -0.25) is 14.2 Å². The van der Waals surface area contributed by atoms with Crippen molar-refractivity contribution in [3.63, 3.8) is 0 Å². The van der Waals surface area contributed by atoms with Crippen molar-refractivity contribution in [3.05, 3.63) is 162 Å². The molecule has 0 aliphatic carbocycles. The average Bonchev–Trinajstić information content (AvgIpc) is 3.31. The van der Waals surface area contributed by atoms with E-state index in [9.17, 15) is 9.59 Å². The van der Waals surface area contributed by atoms with E-state index in [2.05, 4.69) is 5.32 Å². The lowest BCUT2D eigenvalue weighted by Crippen LogP contribution is -2.40. The van der Waals surface area contributed by atoms with E-state index < -0.39 is 6.04 Å². The largest absolute Gasteiger partial charge is 0.489 e. The number of aromatic nitrogens is 1. The third kappa shape index (κ3) is 5.84. The predicted molar refractivity (Wildman–Crippen MR) is 168 cm³/mol. The fraction of sp³-hybridized carbons (Fsp3) is 0.0882. The molecule has 42 heavy (non-hydrogen) atoms. The second kappa shape index (κ2) is 12.0. The summed E-state index contributed by atoms with van der Waals surface area (Å²) in [6.07, 6.45) is 1.84. The number of fused-ring (bicyclic) bond motifs is 1. The summed E-state index contributed by atoms with van der Waals surface area (Å²) in [6, 6.07) is 33.3. The van der Waals surface area contributed by atoms with Gasteiger partial charge in [0.1, 0.15) is 12.4 Å². The highest BCUT2D eigenvalue weighted by Crippen LogP contribution is 2.31. The van der Waals surface area contributed by atoms with E-state index in [-0.39, 0.29) is 11.5 Å². The molecule has 5 aromatic rings. The number of hydrogen-bond acceptors (Lipinski definition) is 5. The lowest BCUT2D eigenvalue weighted by Gasteiger charge is -2.25. The third-order valence-electron chi connectivity index (χ3n) is 6.91. The topological polar surface area (TPSA) is 72.7 Å². The second-order valence-corrected chi connectivity index (χ2v) is 11.2. The molecule has 0 fully saturated rings. The quantitative estimate of drug-likeness (QED) is 0.248. The maximum absolute atomic E-state index is 13.9. The minimum atomic E-state index is -0.668. The van der Waals surface area contributed by atoms with Gasteiger partial charge in [-0.1, -0.05) is 95.7 Å². The number of ether oxygens (including phenoxy) is 1. The molecule has 0 saturated carbocycles. The number of rotatable bonds is 7. The number of nitrogens with zero attached hydrogens (tertiary/aromatic N) is 2. The number of para-hydroxylation sites is 1. The summed E-state index contributed by atoms with van der Waals surface area (Å²) in [5.41, 5.74) is 4.10. The normalized spacial score (nSPS) is 14.7. The molecule has 208 valence electrons. The SMILES string of the molecule is CC1=C(C(=O)Nc2ccccc2)C(c2ccc(Cl)cc2)n2c(s/c(=C\c3ccc(OCc4ccccc4)cc3)c2=O)=N1. The Balaban J connectivity index is 1.35. The zero-order valence-corrected chi connectivity index (χ0v) is 24.2. The lowest BCUT2D eigenvalue weighted by atomic mass is 9.95. The second-order valence-electron chi connectivity index (χ2n) is 9.80. The van der Waals surface area contributed by atoms with Crippen LogP contribution in [0.4, 0.5) is 5.69 Å². The van der Waals surface area contributed by atoms with E-state index in [0.717, 1.165) is 22.4 Å². The standard InChI is InChI=1S/C34H26ClN3O3S/c1-22-30(32(39)37-27-10-6-3-7-11-27)31(25-14-16-26(35)17-15-25)38-33(40)29(42-34(38)36-22)20-23-12-18-28(19-13-23)41-21-24-8-4-2-5-9-24/h2-20,31H,21H2,1H3,(H,37,39)/b29-20-. The maximum Gasteiger partial charge on any atom is 0.271 e. The molecule has 1 aliphatic rings. The van der Waals surface area contributed by atoms with Crippen LogP contribution < -0.4 is 24.9 Å². The van der Waals surface area contributed by atoms with E-state index in [1.54, 1.807) is 23.6 Å². The molecule has 0 saturated heterocycles. The Morgan fingerprint density at radius 2 is 1.62 bits per heavy atom. The molecule has 8 heteroatoms. The van der Waals surface area contributed by atoms with Crippen LogP contribution >= 0.6 is 22.9 Å². The Hall–Kier alpha value is -4.72. The highest BCUT2D eigenvalue weighted by molar-refractivity contribution is 7.07. The molecule has 1 atom stereocenters. The summed E-state index contributed by atoms with van der Waals surface area (Å²) in [6.45, 7) is 2.27. The van der Waals surface area contributed by atoms with Crippen LogP contribution in [0.1, 0.15) is 29.7 Å². The third-order valence-corrected chi connectivity index (χ3v) is 8.14. The number of carbonyl (C=O) groups is 1. The average molecular weight is 592 g/mol. The van der Waals surface area contributed by atoms with Gasteiger partial charge in [0, 0.05) is 10.7 Å². The van der Waals surface area contributed by atoms with Gasteiger partial charge in [-0.25, -0.2) is 4.99 Å². The van der Waals surface area contributed by atoms with Gasteiger partial charge in [0.2, 0.25) is 0 Å². The van der Waals surface area contributed by atoms with Crippen molar-refractivity contribution in [2.45, 2.75) is 19.6 Å². The number of amides is 1. The van der Waals surface area contributed by atoms with E-state index in [1.165, 1.54) is 11.3 Å². The number of nitrogens with one attached hydrogen (secondary N) is 1. The summed E-state index contributed by atoms with van der Waals surface area (Å²) in [5.74, 6) is 0.424. The number of anilines is 1. The van der Waals surface area contributed by atoms with Crippen molar-refractivity contribution in [1.29, 1.82) is 0 Å². The van der Waals surface area contributed by atoms with Crippen molar-refractivity contribution in [2.24, 2.45) is 4.99 Å². The highest BCUT2D eigenvalue weighted by Gasteiger charge is 2.32. The van der Waals surface area contributed by atoms with Crippen molar-refractivity contribution in [3.8, 4) is 5.75 Å². The zero-order chi connectivity index (χ0) is 29.1. The minimum absolute atomic E-state index is 0.222. The minimum Gasteiger partial charge on any atom is -0.489 e. The van der Waals surface area contributed by atoms with Crippen LogP contribution in [0.15, 0.2) is 130 Å². The molecule has 2 heterocycles. The van der Waals surface area contributed by atoms with Crippen LogP contribution in [0.25, 0.3) is 6.08 Å². The zero-order valence-electron chi connectivity index (χ0n) is 22.7. The number of halogens is 1. The van der Waals surface area contributed by atoms with Crippen molar-refractivity contribution >= 4 is 40.6 Å². The van der Waals surface area contributed by atoms with Crippen LogP contribution in [0.3, 0.4) is 0 Å². The van der Waals surface area contributed by atoms with Crippen LogP contribution in [-0.2, 0) is 11.4 Å². The first kappa shape index (κ1) is 27.4. The molecule has 4 aromatic carbocycles. The molecule has 0 spiro atoms. The monoisotopic (exact) mass is 591 g/mol. The Kier molecular flexibility index (Phi) is 7.86. The number of hydrogen-bond donors (Lipinski definition) is 1. The summed E-state index contributed by atoms with van der Waals surface area (Å²) < 4.78 is 8.02. The summed E-state index contributed by atoms with van der Waals surface area (Å²) >= 11 is 7.48. The van der Waals surface area contributed by atoms with Crippen LogP contribution in [0.5, 0.6) is 5.75 Å². The number of carbonyl (C=O) groups excluding carboxylic acids is 1. The predicted octanol–water partition coefficient (Wildman–Crippen LogP) is 6.11. The highest BCUT2D eigenvalue weighted by atomic mass is 35.5. The molecule has 1 unspecified atom stereocenters. The molecular formula is C34H26ClN3O3S. The first-order valence-corrected chi connectivity index (χ1v) is 14.6. The Morgan fingerprint density at radius 1 is 0.952 bits per heavy atom. The molecular weight excluding hydrogens is 566 g/mol. The van der Waals surface area contributed by atoms with Gasteiger partial charge < -0.3 is 10.1 Å². The van der Waals surface area contributed by atoms with Crippen molar-refractivity contribution in [1.82, 2.24) is 4.57 Å². The molecule has 6 rings (SSSR count). The van der Waals surface area contributed by atoms with Gasteiger partial charge in [0.25, 0.3) is 11.5 Å². The Labute approximate surface area is 251 Å². The molecule has 1 N–H and O–H groups in total. The van der Waals surface area contributed by atoms with E-state index in [1.807, 2.05) is 103 Å². The van der Waals surface area contributed by atoms with Gasteiger partial charge in [-0.2, -0.15) is 0 Å². The lowest BCUT2D eigenvalue weighted by molar-refractivity contribution is -0.113. The van der Waals surface area contributed by atoms with Crippen molar-refractivity contribution < 1.29 is 9.53 Å². The molecule has 1 amide bonds. The summed E-state index contributed by atoms with van der Waals surface area (Å²) in [5, 5.41) is 3.53. The maximum atomic E-state index is 13.9. The van der Waals surface area contributed by atoms with Gasteiger partial charge in [0.05, 0.1) is 21.8 Å². The number of benzene rings is 4. The molecule has 1 aliphatic heterocycles. The first-order chi connectivity index (χ1) is 20.5. The van der Waals surface area contributed by atoms with Gasteiger partial charge in [0.15, 0.2) is 4.80 Å². The fourth-order valence-corrected chi connectivity index (χ4v) is 6.02. The Bertz CT molecular complexity index is 1950. The van der Waals surface area contributed by atoms with E-state index in [0.29, 0.717) is 37.9 Å². The van der Waals surface area contributed by atoms with Crippen LogP contribution in [0, 0.1) is 0 Å². The number of allylic oxidation sites excluding steroid dienone is 1. The van der Waals surface area contributed by atoms with Gasteiger partial charge in [-0.15, -0.1) is 0 Å². The van der Waals surface area contributed by atoms with Crippen molar-refractivity contribution in [2.75, 3.05) is 5.32 Å². The molecule has 0 radical (unpaired) electrons. The fourth-order valence-electron chi connectivity index (χ4n) is 4.84. The van der Waals surface area contributed by atoms with E-state index in [4.69, 9.17) is 21.3 Å². The Morgan fingerprint density at radius 3 is 2.31 bits per heavy atom. The molecule has 6 nitrogen and oxygen atoms in total. The van der Waals surface area contributed by atoms with Gasteiger partial charge in [-0.05, 0) is 66.1 Å². The van der Waals surface area contributed by atoms with Gasteiger partial charge >= 0.3 is 0 Å². The van der Waals surface area contributed by atoms with E-state index >= 15 is 0 Å². The van der Waals surface area contributed by atoms with Crippen LogP contribution in [-0.4, -0.2) is 10.5 Å². The smallest absolute Gasteiger partial charge is 0.271 e. The number of thiazole rings is 1.